The summed E-state index contributed by atoms with van der Waals surface area (Å²) in [5.41, 5.74) is 1.17. The molecular weight excluding hydrogens is 498 g/mol. The van der Waals surface area contributed by atoms with Gasteiger partial charge in [0, 0.05) is 49.2 Å². The second-order valence-electron chi connectivity index (χ2n) is 10.7. The molecule has 4 rings (SSSR count). The molecule has 10 nitrogen and oxygen atoms in total. The third kappa shape index (κ3) is 7.06. The number of urea groups is 1. The number of ether oxygens (including phenoxy) is 1. The van der Waals surface area contributed by atoms with Gasteiger partial charge in [0.1, 0.15) is 11.9 Å². The first-order valence-corrected chi connectivity index (χ1v) is 13.7. The lowest BCUT2D eigenvalue weighted by molar-refractivity contribution is 0.0366. The van der Waals surface area contributed by atoms with Gasteiger partial charge in [-0.05, 0) is 50.1 Å². The van der Waals surface area contributed by atoms with Crippen LogP contribution in [0.15, 0.2) is 42.7 Å². The van der Waals surface area contributed by atoms with Gasteiger partial charge in [-0.15, -0.1) is 0 Å². The highest BCUT2D eigenvalue weighted by atomic mass is 16.5. The van der Waals surface area contributed by atoms with Gasteiger partial charge >= 0.3 is 6.03 Å². The van der Waals surface area contributed by atoms with Gasteiger partial charge in [0.25, 0.3) is 11.8 Å². The molecule has 1 aromatic heterocycles. The third-order valence-corrected chi connectivity index (χ3v) is 7.60. The maximum Gasteiger partial charge on any atom is 0.317 e. The Bertz CT molecular complexity index is 1150. The highest BCUT2D eigenvalue weighted by molar-refractivity contribution is 6.05. The van der Waals surface area contributed by atoms with Crippen LogP contribution in [0.3, 0.4) is 0 Å². The minimum atomic E-state index is -0.422. The summed E-state index contributed by atoms with van der Waals surface area (Å²) in [6, 6.07) is 7.81. The van der Waals surface area contributed by atoms with Gasteiger partial charge in [0.05, 0.1) is 24.8 Å². The van der Waals surface area contributed by atoms with E-state index in [9.17, 15) is 19.5 Å². The molecule has 4 amide bonds. The van der Waals surface area contributed by atoms with E-state index in [1.807, 2.05) is 6.92 Å². The van der Waals surface area contributed by atoms with E-state index >= 15 is 0 Å². The predicted molar refractivity (Wildman–Crippen MR) is 148 cm³/mol. The van der Waals surface area contributed by atoms with E-state index in [4.69, 9.17) is 4.74 Å². The van der Waals surface area contributed by atoms with Crippen LogP contribution in [-0.4, -0.2) is 82.7 Å². The van der Waals surface area contributed by atoms with Crippen molar-refractivity contribution in [1.82, 2.24) is 20.1 Å². The first-order valence-electron chi connectivity index (χ1n) is 13.7. The van der Waals surface area contributed by atoms with Crippen LogP contribution < -0.4 is 15.4 Å². The SMILES string of the molecule is C[C@@H]1CN([C@@H](C)CO)C(=O)c2cc(NC(=O)c3ccncc3)ccc2O[C@@H]1CN(C)C(=O)NC1CCCCC1. The molecule has 0 bridgehead atoms. The van der Waals surface area contributed by atoms with Crippen molar-refractivity contribution in [2.45, 2.75) is 64.1 Å². The van der Waals surface area contributed by atoms with E-state index in [1.54, 1.807) is 54.1 Å². The Labute approximate surface area is 229 Å². The largest absolute Gasteiger partial charge is 0.487 e. The smallest absolute Gasteiger partial charge is 0.317 e. The van der Waals surface area contributed by atoms with Gasteiger partial charge < -0.3 is 30.3 Å². The van der Waals surface area contributed by atoms with Crippen molar-refractivity contribution in [3.05, 3.63) is 53.9 Å². The standard InChI is InChI=1S/C29H39N5O5/c1-19-16-34(20(2)18-35)28(37)24-15-23(31-27(36)21-11-13-30-14-12-21)9-10-25(24)39-26(19)17-33(3)29(38)32-22-7-5-4-6-8-22/h9-15,19-20,22,26,35H,4-8,16-18H2,1-3H3,(H,31,36)(H,32,38)/t19-,20+,26-/m1/s1. The van der Waals surface area contributed by atoms with E-state index < -0.39 is 12.1 Å². The molecule has 1 aromatic carbocycles. The monoisotopic (exact) mass is 537 g/mol. The quantitative estimate of drug-likeness (QED) is 0.497. The van der Waals surface area contributed by atoms with Gasteiger partial charge in [-0.3, -0.25) is 14.6 Å². The average Bonchev–Trinajstić information content (AvgIpc) is 2.95. The maximum atomic E-state index is 13.6. The molecule has 0 unspecified atom stereocenters. The molecule has 0 radical (unpaired) electrons. The summed E-state index contributed by atoms with van der Waals surface area (Å²) in [6.45, 7) is 4.25. The molecule has 3 atom stereocenters. The normalized spacial score (nSPS) is 20.6. The van der Waals surface area contributed by atoms with Crippen molar-refractivity contribution in [3.8, 4) is 5.75 Å². The first-order chi connectivity index (χ1) is 18.8. The van der Waals surface area contributed by atoms with E-state index in [-0.39, 0.29) is 42.0 Å². The molecule has 2 aromatic rings. The van der Waals surface area contributed by atoms with Gasteiger partial charge in [-0.25, -0.2) is 4.79 Å². The van der Waals surface area contributed by atoms with Gasteiger partial charge in [-0.2, -0.15) is 0 Å². The number of benzene rings is 1. The van der Waals surface area contributed by atoms with Crippen LogP contribution in [0.1, 0.15) is 66.7 Å². The highest BCUT2D eigenvalue weighted by Gasteiger charge is 2.34. The van der Waals surface area contributed by atoms with E-state index in [1.165, 1.54) is 18.8 Å². The molecule has 3 N–H and O–H groups in total. The number of pyridine rings is 1. The van der Waals surface area contributed by atoms with Gasteiger partial charge in [0.2, 0.25) is 0 Å². The summed E-state index contributed by atoms with van der Waals surface area (Å²) in [5, 5.41) is 15.9. The molecule has 0 spiro atoms. The fourth-order valence-corrected chi connectivity index (χ4v) is 5.11. The van der Waals surface area contributed by atoms with Crippen LogP contribution in [0.2, 0.25) is 0 Å². The number of rotatable bonds is 7. The molecule has 10 heteroatoms. The summed E-state index contributed by atoms with van der Waals surface area (Å²) in [5.74, 6) is -0.365. The summed E-state index contributed by atoms with van der Waals surface area (Å²) in [4.78, 5) is 46.5. The Morgan fingerprint density at radius 3 is 2.59 bits per heavy atom. The van der Waals surface area contributed by atoms with Crippen LogP contribution in [0, 0.1) is 5.92 Å². The van der Waals surface area contributed by atoms with E-state index in [0.29, 0.717) is 30.1 Å². The molecule has 39 heavy (non-hydrogen) atoms. The summed E-state index contributed by atoms with van der Waals surface area (Å²) in [6.07, 6.45) is 8.15. The number of amides is 4. The van der Waals surface area contributed by atoms with Crippen molar-refractivity contribution in [2.75, 3.05) is 32.1 Å². The molecule has 210 valence electrons. The van der Waals surface area contributed by atoms with Crippen molar-refractivity contribution < 1.29 is 24.2 Å². The molecule has 1 aliphatic heterocycles. The van der Waals surface area contributed by atoms with Crippen molar-refractivity contribution in [1.29, 1.82) is 0 Å². The van der Waals surface area contributed by atoms with Crippen molar-refractivity contribution in [3.63, 3.8) is 0 Å². The molecule has 1 aliphatic carbocycles. The van der Waals surface area contributed by atoms with Crippen LogP contribution >= 0.6 is 0 Å². The maximum absolute atomic E-state index is 13.6. The summed E-state index contributed by atoms with van der Waals surface area (Å²) < 4.78 is 6.38. The Morgan fingerprint density at radius 1 is 1.18 bits per heavy atom. The summed E-state index contributed by atoms with van der Waals surface area (Å²) >= 11 is 0. The van der Waals surface area contributed by atoms with Gasteiger partial charge in [0.15, 0.2) is 0 Å². The minimum absolute atomic E-state index is 0.118. The first kappa shape index (κ1) is 28.4. The molecule has 2 aliphatic rings. The number of fused-ring (bicyclic) bond motifs is 1. The second kappa shape index (κ2) is 12.9. The Morgan fingerprint density at radius 2 is 1.90 bits per heavy atom. The average molecular weight is 538 g/mol. The van der Waals surface area contributed by atoms with E-state index in [2.05, 4.69) is 15.6 Å². The van der Waals surface area contributed by atoms with Gasteiger partial charge in [-0.1, -0.05) is 26.2 Å². The zero-order chi connectivity index (χ0) is 27.9. The number of aliphatic hydroxyl groups excluding tert-OH is 1. The topological polar surface area (TPSA) is 124 Å². The molecular formula is C29H39N5O5. The fraction of sp³-hybridized carbons (Fsp3) is 0.517. The Balaban J connectivity index is 1.56. The van der Waals surface area contributed by atoms with Crippen LogP contribution in [-0.2, 0) is 0 Å². The number of hydrogen-bond acceptors (Lipinski definition) is 6. The Kier molecular flexibility index (Phi) is 9.40. The number of carbonyl (C=O) groups excluding carboxylic acids is 3. The highest BCUT2D eigenvalue weighted by Crippen LogP contribution is 2.31. The lowest BCUT2D eigenvalue weighted by Gasteiger charge is -2.38. The number of aromatic nitrogens is 1. The lowest BCUT2D eigenvalue weighted by atomic mass is 9.96. The predicted octanol–water partition coefficient (Wildman–Crippen LogP) is 3.53. The minimum Gasteiger partial charge on any atom is -0.487 e. The number of hydrogen-bond donors (Lipinski definition) is 3. The molecule has 2 heterocycles. The zero-order valence-electron chi connectivity index (χ0n) is 22.9. The number of likely N-dealkylation sites (N-methyl/N-ethyl adjacent to an activating group) is 1. The number of nitrogens with zero attached hydrogens (tertiary/aromatic N) is 3. The zero-order valence-corrected chi connectivity index (χ0v) is 22.9. The number of nitrogens with one attached hydrogen (secondary N) is 2. The van der Waals surface area contributed by atoms with E-state index in [0.717, 1.165) is 25.7 Å². The van der Waals surface area contributed by atoms with Crippen LogP contribution in [0.5, 0.6) is 5.75 Å². The van der Waals surface area contributed by atoms with Crippen molar-refractivity contribution >= 4 is 23.5 Å². The molecule has 1 saturated carbocycles. The second-order valence-corrected chi connectivity index (χ2v) is 10.7. The molecule has 1 fully saturated rings. The van der Waals surface area contributed by atoms with Crippen LogP contribution in [0.4, 0.5) is 10.5 Å². The number of carbonyl (C=O) groups is 3. The van der Waals surface area contributed by atoms with Crippen molar-refractivity contribution in [2.24, 2.45) is 5.92 Å². The lowest BCUT2D eigenvalue weighted by Crippen LogP contribution is -2.52. The number of anilines is 1. The van der Waals surface area contributed by atoms with Crippen LogP contribution in [0.25, 0.3) is 0 Å². The number of aliphatic hydroxyl groups is 1. The molecule has 0 saturated heterocycles. The summed E-state index contributed by atoms with van der Waals surface area (Å²) in [7, 11) is 1.75. The Hall–Kier alpha value is -3.66. The fourth-order valence-electron chi connectivity index (χ4n) is 5.11. The third-order valence-electron chi connectivity index (χ3n) is 7.60.